The smallest absolute Gasteiger partial charge is 0.332 e. The molecular weight excluding hydrogens is 486 g/mol. The summed E-state index contributed by atoms with van der Waals surface area (Å²) >= 11 is 0. The first-order chi connectivity index (χ1) is 18.8. The lowest BCUT2D eigenvalue weighted by Crippen LogP contribution is -2.32. The van der Waals surface area contributed by atoms with E-state index in [2.05, 4.69) is 0 Å². The lowest BCUT2D eigenvalue weighted by atomic mass is 10.0. The molecule has 0 spiro atoms. The Kier molecular flexibility index (Phi) is 9.06. The molecule has 0 aromatic heterocycles. The minimum absolute atomic E-state index is 0.254. The molecule has 1 atom stereocenters. The average Bonchev–Trinajstić information content (AvgIpc) is 2.94. The van der Waals surface area contributed by atoms with Crippen LogP contribution < -0.4 is 0 Å². The molecule has 0 aliphatic heterocycles. The van der Waals surface area contributed by atoms with Crippen LogP contribution in [0.25, 0.3) is 0 Å². The van der Waals surface area contributed by atoms with Gasteiger partial charge in [0.05, 0.1) is 12.1 Å². The van der Waals surface area contributed by atoms with Crippen LogP contribution in [0.5, 0.6) is 0 Å². The zero-order valence-corrected chi connectivity index (χ0v) is 22.5. The highest BCUT2D eigenvalue weighted by molar-refractivity contribution is 6.13. The van der Waals surface area contributed by atoms with Crippen molar-refractivity contribution in [3.63, 3.8) is 0 Å². The fourth-order valence-electron chi connectivity index (χ4n) is 4.17. The van der Waals surface area contributed by atoms with E-state index in [0.717, 1.165) is 22.3 Å². The second-order valence-electron chi connectivity index (χ2n) is 10.2. The van der Waals surface area contributed by atoms with Gasteiger partial charge in [0.25, 0.3) is 0 Å². The predicted octanol–water partition coefficient (Wildman–Crippen LogP) is 6.96. The van der Waals surface area contributed by atoms with E-state index in [0.29, 0.717) is 5.71 Å². The van der Waals surface area contributed by atoms with Crippen LogP contribution in [0.15, 0.2) is 126 Å². The molecule has 39 heavy (non-hydrogen) atoms. The number of carbonyl (C=O) groups excluding carboxylic acids is 2. The highest BCUT2D eigenvalue weighted by atomic mass is 16.6. The first-order valence-corrected chi connectivity index (χ1v) is 13.0. The molecule has 4 rings (SSSR count). The number of ether oxygens (including phenoxy) is 2. The first-order valence-electron chi connectivity index (χ1n) is 13.0. The number of rotatable bonds is 9. The van der Waals surface area contributed by atoms with Gasteiger partial charge in [0.2, 0.25) is 0 Å². The number of aliphatic imine (C=N–C) groups is 1. The van der Waals surface area contributed by atoms with Crippen LogP contribution in [0.2, 0.25) is 0 Å². The molecule has 0 heterocycles. The van der Waals surface area contributed by atoms with Crippen molar-refractivity contribution in [1.82, 2.24) is 0 Å². The molecule has 5 heteroatoms. The average molecular weight is 520 g/mol. The molecule has 0 saturated heterocycles. The SMILES string of the molecule is CC(C)(C)OC(=O)CC(N=C(c1ccccc1)c1ccccc1)C(=O)OC(c1ccccc1)c1ccccc1. The molecule has 4 aromatic rings. The van der Waals surface area contributed by atoms with Gasteiger partial charge in [0.1, 0.15) is 5.60 Å². The first kappa shape index (κ1) is 27.5. The van der Waals surface area contributed by atoms with Crippen LogP contribution in [-0.4, -0.2) is 29.3 Å². The van der Waals surface area contributed by atoms with Crippen molar-refractivity contribution < 1.29 is 19.1 Å². The summed E-state index contributed by atoms with van der Waals surface area (Å²) < 4.78 is 11.7. The van der Waals surface area contributed by atoms with Crippen molar-refractivity contribution in [2.24, 2.45) is 4.99 Å². The van der Waals surface area contributed by atoms with Crippen molar-refractivity contribution in [3.05, 3.63) is 144 Å². The Hall–Kier alpha value is -4.51. The van der Waals surface area contributed by atoms with E-state index in [1.165, 1.54) is 0 Å². The molecule has 0 saturated carbocycles. The summed E-state index contributed by atoms with van der Waals surface area (Å²) in [7, 11) is 0. The number of benzene rings is 4. The van der Waals surface area contributed by atoms with E-state index >= 15 is 0 Å². The van der Waals surface area contributed by atoms with Crippen LogP contribution in [0.1, 0.15) is 55.5 Å². The second kappa shape index (κ2) is 12.8. The lowest BCUT2D eigenvalue weighted by Gasteiger charge is -2.23. The fourth-order valence-corrected chi connectivity index (χ4v) is 4.17. The highest BCUT2D eigenvalue weighted by Crippen LogP contribution is 2.27. The Labute approximate surface area is 230 Å². The lowest BCUT2D eigenvalue weighted by molar-refractivity contribution is -0.160. The van der Waals surface area contributed by atoms with Crippen molar-refractivity contribution in [3.8, 4) is 0 Å². The number of esters is 2. The molecule has 0 radical (unpaired) electrons. The van der Waals surface area contributed by atoms with E-state index < -0.39 is 29.7 Å². The maximum Gasteiger partial charge on any atom is 0.332 e. The second-order valence-corrected chi connectivity index (χ2v) is 10.2. The summed E-state index contributed by atoms with van der Waals surface area (Å²) in [6.45, 7) is 5.38. The van der Waals surface area contributed by atoms with Crippen molar-refractivity contribution in [2.45, 2.75) is 44.9 Å². The number of hydrogen-bond acceptors (Lipinski definition) is 5. The number of nitrogens with zero attached hydrogens (tertiary/aromatic N) is 1. The van der Waals surface area contributed by atoms with Crippen molar-refractivity contribution >= 4 is 17.7 Å². The van der Waals surface area contributed by atoms with Gasteiger partial charge < -0.3 is 9.47 Å². The summed E-state index contributed by atoms with van der Waals surface area (Å²) in [5, 5.41) is 0. The third-order valence-corrected chi connectivity index (χ3v) is 5.87. The van der Waals surface area contributed by atoms with Gasteiger partial charge in [-0.3, -0.25) is 9.79 Å². The summed E-state index contributed by atoms with van der Waals surface area (Å²) in [5.41, 5.74) is 3.19. The van der Waals surface area contributed by atoms with Crippen molar-refractivity contribution in [1.29, 1.82) is 0 Å². The van der Waals surface area contributed by atoms with Gasteiger partial charge in [-0.1, -0.05) is 121 Å². The number of hydrogen-bond donors (Lipinski definition) is 0. The van der Waals surface area contributed by atoms with Gasteiger partial charge in [0, 0.05) is 11.1 Å². The minimum atomic E-state index is -1.12. The molecule has 0 fully saturated rings. The van der Waals surface area contributed by atoms with E-state index in [9.17, 15) is 9.59 Å². The molecule has 0 amide bonds. The van der Waals surface area contributed by atoms with Gasteiger partial charge in [-0.2, -0.15) is 0 Å². The van der Waals surface area contributed by atoms with E-state index in [1.807, 2.05) is 121 Å². The Balaban J connectivity index is 1.75. The molecule has 0 aliphatic rings. The van der Waals surface area contributed by atoms with Crippen LogP contribution in [0, 0.1) is 0 Å². The molecule has 4 aromatic carbocycles. The summed E-state index contributed by atoms with van der Waals surface area (Å²) in [6.07, 6.45) is -0.914. The highest BCUT2D eigenvalue weighted by Gasteiger charge is 2.30. The summed E-state index contributed by atoms with van der Waals surface area (Å²) in [6, 6.07) is 37.2. The maximum atomic E-state index is 13.9. The monoisotopic (exact) mass is 519 g/mol. The molecule has 0 N–H and O–H groups in total. The molecule has 198 valence electrons. The molecule has 5 nitrogen and oxygen atoms in total. The van der Waals surface area contributed by atoms with Gasteiger partial charge in [-0.15, -0.1) is 0 Å². The van der Waals surface area contributed by atoms with Gasteiger partial charge >= 0.3 is 11.9 Å². The summed E-state index contributed by atoms with van der Waals surface area (Å²) in [5.74, 6) is -1.13. The standard InChI is InChI=1S/C34H33NO4/c1-34(2,3)39-30(36)24-29(35-31(25-16-8-4-9-17-25)26-18-10-5-11-19-26)33(37)38-32(27-20-12-6-13-21-27)28-22-14-7-15-23-28/h4-23,29,32H,24H2,1-3H3. The van der Waals surface area contributed by atoms with Gasteiger partial charge in [-0.05, 0) is 31.9 Å². The van der Waals surface area contributed by atoms with E-state index in [1.54, 1.807) is 20.8 Å². The normalized spacial score (nSPS) is 11.9. The number of carbonyl (C=O) groups is 2. The largest absolute Gasteiger partial charge is 0.460 e. The van der Waals surface area contributed by atoms with E-state index in [4.69, 9.17) is 14.5 Å². The zero-order chi connectivity index (χ0) is 27.7. The van der Waals surface area contributed by atoms with Gasteiger partial charge in [0.15, 0.2) is 12.1 Å². The van der Waals surface area contributed by atoms with Crippen molar-refractivity contribution in [2.75, 3.05) is 0 Å². The van der Waals surface area contributed by atoms with Gasteiger partial charge in [-0.25, -0.2) is 4.79 Å². The predicted molar refractivity (Wildman–Crippen MR) is 154 cm³/mol. The quantitative estimate of drug-likeness (QED) is 0.177. The Morgan fingerprint density at radius 1 is 0.667 bits per heavy atom. The third-order valence-electron chi connectivity index (χ3n) is 5.87. The maximum absolute atomic E-state index is 13.9. The van der Waals surface area contributed by atoms with E-state index in [-0.39, 0.29) is 6.42 Å². The molecule has 0 aliphatic carbocycles. The third kappa shape index (κ3) is 7.99. The topological polar surface area (TPSA) is 65.0 Å². The molecule has 0 bridgehead atoms. The van der Waals surface area contributed by atoms with Crippen LogP contribution in [0.3, 0.4) is 0 Å². The van der Waals surface area contributed by atoms with Crippen LogP contribution in [-0.2, 0) is 19.1 Å². The Bertz CT molecular complexity index is 1300. The zero-order valence-electron chi connectivity index (χ0n) is 22.5. The minimum Gasteiger partial charge on any atom is -0.460 e. The summed E-state index contributed by atoms with van der Waals surface area (Å²) in [4.78, 5) is 31.7. The Morgan fingerprint density at radius 2 is 1.08 bits per heavy atom. The molecule has 1 unspecified atom stereocenters. The fraction of sp³-hybridized carbons (Fsp3) is 0.206. The Morgan fingerprint density at radius 3 is 1.49 bits per heavy atom. The van der Waals surface area contributed by atoms with Crippen LogP contribution >= 0.6 is 0 Å². The van der Waals surface area contributed by atoms with Crippen LogP contribution in [0.4, 0.5) is 0 Å². The molecular formula is C34H33NO4.